The van der Waals surface area contributed by atoms with Gasteiger partial charge in [0.25, 0.3) is 5.91 Å². The Morgan fingerprint density at radius 1 is 1.04 bits per heavy atom. The molecule has 0 spiro atoms. The quantitative estimate of drug-likeness (QED) is 0.685. The molecule has 3 aromatic rings. The number of pyridine rings is 1. The summed E-state index contributed by atoms with van der Waals surface area (Å²) in [6.07, 6.45) is 0. The van der Waals surface area contributed by atoms with Gasteiger partial charge in [-0.15, -0.1) is 0 Å². The average Bonchev–Trinajstić information content (AvgIpc) is 2.65. The number of hydrogen-bond acceptors (Lipinski definition) is 3. The zero-order valence-corrected chi connectivity index (χ0v) is 16.1. The summed E-state index contributed by atoms with van der Waals surface area (Å²) < 4.78 is 13.7. The summed E-state index contributed by atoms with van der Waals surface area (Å²) in [4.78, 5) is 19.4. The van der Waals surface area contributed by atoms with E-state index in [4.69, 9.17) is 4.98 Å². The second-order valence-corrected chi connectivity index (χ2v) is 6.62. The maximum atomic E-state index is 13.7. The zero-order valence-electron chi connectivity index (χ0n) is 16.1. The predicted molar refractivity (Wildman–Crippen MR) is 109 cm³/mol. The van der Waals surface area contributed by atoms with Gasteiger partial charge in [-0.1, -0.05) is 6.07 Å². The van der Waals surface area contributed by atoms with Gasteiger partial charge in [0.1, 0.15) is 11.6 Å². The van der Waals surface area contributed by atoms with Crippen LogP contribution < -0.4 is 10.2 Å². The summed E-state index contributed by atoms with van der Waals surface area (Å²) in [5.74, 6) is 0.237. The molecule has 4 nitrogen and oxygen atoms in total. The number of aryl methyl sites for hydroxylation is 2. The molecule has 0 aliphatic carbocycles. The smallest absolute Gasteiger partial charge is 0.255 e. The first-order valence-corrected chi connectivity index (χ1v) is 9.16. The lowest BCUT2D eigenvalue weighted by Crippen LogP contribution is -2.23. The van der Waals surface area contributed by atoms with Gasteiger partial charge in [-0.3, -0.25) is 4.79 Å². The first-order chi connectivity index (χ1) is 12.9. The highest BCUT2D eigenvalue weighted by Crippen LogP contribution is 2.25. The Balaban J connectivity index is 1.90. The Labute approximate surface area is 159 Å². The minimum Gasteiger partial charge on any atom is -0.357 e. The van der Waals surface area contributed by atoms with Crippen molar-refractivity contribution in [3.63, 3.8) is 0 Å². The molecule has 0 aliphatic heterocycles. The Kier molecular flexibility index (Phi) is 5.40. The first kappa shape index (κ1) is 18.8. The van der Waals surface area contributed by atoms with Crippen LogP contribution in [0.5, 0.6) is 0 Å². The molecule has 0 saturated carbocycles. The number of carbonyl (C=O) groups excluding carboxylic acids is 1. The van der Waals surface area contributed by atoms with E-state index >= 15 is 0 Å². The molecule has 0 radical (unpaired) electrons. The molecule has 0 saturated heterocycles. The van der Waals surface area contributed by atoms with E-state index < -0.39 is 0 Å². The van der Waals surface area contributed by atoms with Crippen molar-refractivity contribution in [3.05, 3.63) is 65.0 Å². The van der Waals surface area contributed by atoms with Crippen LogP contribution in [0, 0.1) is 19.7 Å². The fourth-order valence-corrected chi connectivity index (χ4v) is 3.10. The van der Waals surface area contributed by atoms with E-state index in [1.807, 2.05) is 25.1 Å². The molecule has 1 N–H and O–H groups in total. The van der Waals surface area contributed by atoms with Crippen LogP contribution in [-0.2, 0) is 0 Å². The van der Waals surface area contributed by atoms with Crippen LogP contribution in [0.25, 0.3) is 10.9 Å². The van der Waals surface area contributed by atoms with Gasteiger partial charge in [-0.05, 0) is 75.2 Å². The number of nitrogens with zero attached hydrogens (tertiary/aromatic N) is 2. The van der Waals surface area contributed by atoms with E-state index in [1.54, 1.807) is 19.1 Å². The maximum Gasteiger partial charge on any atom is 0.255 e. The number of rotatable bonds is 5. The van der Waals surface area contributed by atoms with Crippen LogP contribution in [-0.4, -0.2) is 24.0 Å². The lowest BCUT2D eigenvalue weighted by atomic mass is 10.1. The summed E-state index contributed by atoms with van der Waals surface area (Å²) in [7, 11) is 0. The molecule has 1 amide bonds. The number of amides is 1. The van der Waals surface area contributed by atoms with Crippen molar-refractivity contribution in [1.82, 2.24) is 4.98 Å². The second kappa shape index (κ2) is 7.74. The molecular formula is C22H24FN3O. The minimum atomic E-state index is -0.384. The first-order valence-electron chi connectivity index (χ1n) is 9.16. The number of aromatic nitrogens is 1. The van der Waals surface area contributed by atoms with Gasteiger partial charge >= 0.3 is 0 Å². The Bertz CT molecular complexity index is 996. The van der Waals surface area contributed by atoms with Crippen molar-refractivity contribution in [2.45, 2.75) is 27.7 Å². The van der Waals surface area contributed by atoms with E-state index in [9.17, 15) is 9.18 Å². The van der Waals surface area contributed by atoms with Crippen LogP contribution in [0.4, 0.5) is 15.9 Å². The second-order valence-electron chi connectivity index (χ2n) is 6.62. The van der Waals surface area contributed by atoms with Crippen LogP contribution >= 0.6 is 0 Å². The summed E-state index contributed by atoms with van der Waals surface area (Å²) in [6.45, 7) is 9.72. The highest BCUT2D eigenvalue weighted by Gasteiger charge is 2.11. The summed E-state index contributed by atoms with van der Waals surface area (Å²) in [5, 5.41) is 3.83. The van der Waals surface area contributed by atoms with Gasteiger partial charge in [-0.25, -0.2) is 9.37 Å². The average molecular weight is 365 g/mol. The molecule has 0 atom stereocenters. The molecule has 1 aromatic heterocycles. The van der Waals surface area contributed by atoms with Crippen LogP contribution in [0.3, 0.4) is 0 Å². The Hall–Kier alpha value is -2.95. The van der Waals surface area contributed by atoms with Gasteiger partial charge in [0.2, 0.25) is 0 Å². The zero-order chi connectivity index (χ0) is 19.6. The number of nitrogens with one attached hydrogen (secondary N) is 1. The van der Waals surface area contributed by atoms with Gasteiger partial charge in [-0.2, -0.15) is 0 Å². The maximum absolute atomic E-state index is 13.7. The number of halogens is 1. The van der Waals surface area contributed by atoms with Crippen molar-refractivity contribution in [1.29, 1.82) is 0 Å². The van der Waals surface area contributed by atoms with Gasteiger partial charge in [0.15, 0.2) is 0 Å². The van der Waals surface area contributed by atoms with E-state index in [2.05, 4.69) is 30.1 Å². The molecule has 3 rings (SSSR count). The predicted octanol–water partition coefficient (Wildman–Crippen LogP) is 5.09. The monoisotopic (exact) mass is 365 g/mol. The summed E-state index contributed by atoms with van der Waals surface area (Å²) in [5.41, 5.74) is 3.46. The summed E-state index contributed by atoms with van der Waals surface area (Å²) >= 11 is 0. The number of fused-ring (bicyclic) bond motifs is 1. The normalized spacial score (nSPS) is 10.9. The number of benzene rings is 2. The SMILES string of the molecule is CCN(CC)c1cc(C)c2cc(NC(=O)c3ccc(C)c(F)c3)ccc2n1. The lowest BCUT2D eigenvalue weighted by molar-refractivity contribution is 0.102. The number of carbonyl (C=O) groups is 1. The lowest BCUT2D eigenvalue weighted by Gasteiger charge is -2.21. The van der Waals surface area contributed by atoms with Gasteiger partial charge in [0, 0.05) is 29.7 Å². The molecule has 140 valence electrons. The molecule has 0 fully saturated rings. The molecule has 5 heteroatoms. The highest BCUT2D eigenvalue weighted by molar-refractivity contribution is 6.05. The van der Waals surface area contributed by atoms with Crippen LogP contribution in [0.2, 0.25) is 0 Å². The van der Waals surface area contributed by atoms with Crippen LogP contribution in [0.15, 0.2) is 42.5 Å². The van der Waals surface area contributed by atoms with E-state index in [1.165, 1.54) is 6.07 Å². The van der Waals surface area contributed by atoms with Gasteiger partial charge < -0.3 is 10.2 Å². The minimum absolute atomic E-state index is 0.296. The third-order valence-electron chi connectivity index (χ3n) is 4.78. The number of anilines is 2. The van der Waals surface area contributed by atoms with Crippen molar-refractivity contribution in [2.24, 2.45) is 0 Å². The molecule has 0 unspecified atom stereocenters. The fourth-order valence-electron chi connectivity index (χ4n) is 3.10. The fraction of sp³-hybridized carbons (Fsp3) is 0.273. The van der Waals surface area contributed by atoms with Gasteiger partial charge in [0.05, 0.1) is 5.52 Å². The number of hydrogen-bond donors (Lipinski definition) is 1. The third-order valence-corrected chi connectivity index (χ3v) is 4.78. The largest absolute Gasteiger partial charge is 0.357 e. The van der Waals surface area contributed by atoms with Crippen molar-refractivity contribution >= 4 is 28.3 Å². The van der Waals surface area contributed by atoms with Crippen molar-refractivity contribution < 1.29 is 9.18 Å². The highest BCUT2D eigenvalue weighted by atomic mass is 19.1. The summed E-state index contributed by atoms with van der Waals surface area (Å²) in [6, 6.07) is 12.2. The van der Waals surface area contributed by atoms with E-state index in [0.29, 0.717) is 16.8 Å². The molecule has 1 heterocycles. The van der Waals surface area contributed by atoms with Crippen molar-refractivity contribution in [2.75, 3.05) is 23.3 Å². The topological polar surface area (TPSA) is 45.2 Å². The Morgan fingerprint density at radius 2 is 1.78 bits per heavy atom. The molecular weight excluding hydrogens is 341 g/mol. The molecule has 2 aromatic carbocycles. The standard InChI is InChI=1S/C22H24FN3O/c1-5-26(6-2)21-11-15(4)18-13-17(9-10-20(18)25-21)24-22(27)16-8-7-14(3)19(23)12-16/h7-13H,5-6H2,1-4H3,(H,24,27). The van der Waals surface area contributed by atoms with E-state index in [0.717, 1.165) is 35.4 Å². The van der Waals surface area contributed by atoms with Crippen molar-refractivity contribution in [3.8, 4) is 0 Å². The molecule has 0 aliphatic rings. The van der Waals surface area contributed by atoms with E-state index in [-0.39, 0.29) is 11.7 Å². The molecule has 27 heavy (non-hydrogen) atoms. The third kappa shape index (κ3) is 3.92. The van der Waals surface area contributed by atoms with Crippen LogP contribution in [0.1, 0.15) is 35.3 Å². The molecule has 0 bridgehead atoms. The Morgan fingerprint density at radius 3 is 2.44 bits per heavy atom.